The first-order chi connectivity index (χ1) is 20.5. The number of fused-ring (bicyclic) bond motifs is 1. The molecule has 1 aliphatic rings. The topological polar surface area (TPSA) is 62.5 Å². The van der Waals surface area contributed by atoms with E-state index in [1.54, 1.807) is 0 Å². The highest BCUT2D eigenvalue weighted by Crippen LogP contribution is 2.26. The summed E-state index contributed by atoms with van der Waals surface area (Å²) >= 11 is 6.13. The summed E-state index contributed by atoms with van der Waals surface area (Å²) < 4.78 is 1.89. The summed E-state index contributed by atoms with van der Waals surface area (Å²) in [5, 5.41) is 8.54. The van der Waals surface area contributed by atoms with Gasteiger partial charge in [0.1, 0.15) is 0 Å². The summed E-state index contributed by atoms with van der Waals surface area (Å²) in [6, 6.07) is 30.1. The van der Waals surface area contributed by atoms with E-state index in [-0.39, 0.29) is 11.8 Å². The number of pyridine rings is 1. The number of carbonyl (C=O) groups excluding carboxylic acids is 1. The summed E-state index contributed by atoms with van der Waals surface area (Å²) in [5.74, 6) is 0.356. The first-order valence-electron chi connectivity index (χ1n) is 14.8. The van der Waals surface area contributed by atoms with E-state index in [1.165, 1.54) is 50.0 Å². The largest absolute Gasteiger partial charge is 0.326 e. The Morgan fingerprint density at radius 3 is 2.50 bits per heavy atom. The Morgan fingerprint density at radius 1 is 0.929 bits per heavy atom. The second kappa shape index (κ2) is 12.9. The average Bonchev–Trinajstić information content (AvgIpc) is 3.67. The zero-order chi connectivity index (χ0) is 28.9. The van der Waals surface area contributed by atoms with Gasteiger partial charge in [-0.1, -0.05) is 66.2 Å². The van der Waals surface area contributed by atoms with Crippen molar-refractivity contribution in [2.45, 2.75) is 44.9 Å². The first kappa shape index (κ1) is 28.1. The van der Waals surface area contributed by atoms with Crippen LogP contribution in [0.25, 0.3) is 16.9 Å². The molecule has 2 aromatic heterocycles. The fraction of sp³-hybridized carbons (Fsp3) is 0.286. The molecule has 6 nitrogen and oxygen atoms in total. The molecule has 1 atom stereocenters. The van der Waals surface area contributed by atoms with Crippen LogP contribution in [-0.2, 0) is 17.6 Å². The van der Waals surface area contributed by atoms with Crippen LogP contribution in [0.3, 0.4) is 0 Å². The summed E-state index contributed by atoms with van der Waals surface area (Å²) in [6.07, 6.45) is 5.70. The number of hydrogen-bond acceptors (Lipinski definition) is 4. The molecule has 5 aromatic rings. The van der Waals surface area contributed by atoms with Crippen LogP contribution in [0.1, 0.15) is 54.6 Å². The molecule has 42 heavy (non-hydrogen) atoms. The fourth-order valence-electron chi connectivity index (χ4n) is 5.70. The molecule has 1 unspecified atom stereocenters. The van der Waals surface area contributed by atoms with Crippen molar-refractivity contribution in [3.63, 3.8) is 0 Å². The number of nitrogens with one attached hydrogen (secondary N) is 1. The summed E-state index contributed by atoms with van der Waals surface area (Å²) in [6.45, 7) is 5.61. The van der Waals surface area contributed by atoms with E-state index in [0.717, 1.165) is 40.4 Å². The van der Waals surface area contributed by atoms with E-state index in [4.69, 9.17) is 21.7 Å². The fourth-order valence-corrected chi connectivity index (χ4v) is 5.90. The Hall–Kier alpha value is -4.00. The Bertz CT molecular complexity index is 1670. The van der Waals surface area contributed by atoms with Gasteiger partial charge in [0, 0.05) is 22.7 Å². The number of amides is 1. The number of benzene rings is 3. The maximum Gasteiger partial charge on any atom is 0.231 e. The molecule has 0 radical (unpaired) electrons. The van der Waals surface area contributed by atoms with Gasteiger partial charge in [-0.2, -0.15) is 5.10 Å². The van der Waals surface area contributed by atoms with Gasteiger partial charge in [0.2, 0.25) is 5.91 Å². The Morgan fingerprint density at radius 2 is 1.69 bits per heavy atom. The Labute approximate surface area is 252 Å². The Kier molecular flexibility index (Phi) is 8.63. The zero-order valence-electron chi connectivity index (χ0n) is 24.0. The lowest BCUT2D eigenvalue weighted by Crippen LogP contribution is -2.20. The molecule has 214 valence electrons. The van der Waals surface area contributed by atoms with Crippen LogP contribution < -0.4 is 5.32 Å². The predicted molar refractivity (Wildman–Crippen MR) is 170 cm³/mol. The van der Waals surface area contributed by atoms with Crippen LogP contribution in [0.4, 0.5) is 5.69 Å². The van der Waals surface area contributed by atoms with E-state index in [1.807, 2.05) is 78.2 Å². The number of hydrogen-bond donors (Lipinski definition) is 1. The monoisotopic (exact) mass is 577 g/mol. The highest BCUT2D eigenvalue weighted by molar-refractivity contribution is 6.30. The molecule has 7 heteroatoms. The third-order valence-corrected chi connectivity index (χ3v) is 8.33. The van der Waals surface area contributed by atoms with Gasteiger partial charge in [0.15, 0.2) is 11.5 Å². The highest BCUT2D eigenvalue weighted by atomic mass is 35.5. The number of halogens is 1. The van der Waals surface area contributed by atoms with Crippen molar-refractivity contribution < 1.29 is 4.79 Å². The third kappa shape index (κ3) is 6.72. The van der Waals surface area contributed by atoms with Gasteiger partial charge in [0.25, 0.3) is 0 Å². The minimum atomic E-state index is -0.336. The van der Waals surface area contributed by atoms with E-state index in [2.05, 4.69) is 34.5 Å². The molecular formula is C35H36ClN5O. The average molecular weight is 578 g/mol. The van der Waals surface area contributed by atoms with E-state index in [9.17, 15) is 4.79 Å². The van der Waals surface area contributed by atoms with Crippen molar-refractivity contribution in [1.29, 1.82) is 0 Å². The van der Waals surface area contributed by atoms with E-state index >= 15 is 0 Å². The number of anilines is 1. The maximum atomic E-state index is 13.0. The third-order valence-electron chi connectivity index (χ3n) is 8.10. The van der Waals surface area contributed by atoms with Crippen LogP contribution >= 0.6 is 11.6 Å². The van der Waals surface area contributed by atoms with Crippen molar-refractivity contribution in [2.24, 2.45) is 0 Å². The molecule has 1 N–H and O–H groups in total. The second-order valence-electron chi connectivity index (χ2n) is 11.2. The standard InChI is InChI=1S/C35H36ClN5O/c1-25(28-9-4-11-30(36)23-28)35(42)37-31-12-5-10-29(24-31)32-13-6-14-34-38-33(39-41(32)34)22-27-17-15-26(16-18-27)8-7-21-40-19-2-3-20-40/h4-6,9-18,23-25H,2-3,7-8,19-22H2,1H3,(H,37,42). The molecule has 1 saturated heterocycles. The summed E-state index contributed by atoms with van der Waals surface area (Å²) in [4.78, 5) is 20.4. The quantitative estimate of drug-likeness (QED) is 0.188. The van der Waals surface area contributed by atoms with Crippen molar-refractivity contribution in [3.05, 3.63) is 119 Å². The highest BCUT2D eigenvalue weighted by Gasteiger charge is 2.17. The molecule has 1 fully saturated rings. The molecule has 3 heterocycles. The van der Waals surface area contributed by atoms with E-state index in [0.29, 0.717) is 11.4 Å². The normalized spacial score (nSPS) is 14.3. The number of rotatable bonds is 10. The number of likely N-dealkylation sites (tertiary alicyclic amines) is 1. The van der Waals surface area contributed by atoms with Crippen molar-refractivity contribution in [1.82, 2.24) is 19.5 Å². The minimum Gasteiger partial charge on any atom is -0.326 e. The van der Waals surface area contributed by atoms with E-state index < -0.39 is 0 Å². The lowest BCUT2D eigenvalue weighted by Gasteiger charge is -2.14. The van der Waals surface area contributed by atoms with Crippen LogP contribution in [0, 0.1) is 0 Å². The van der Waals surface area contributed by atoms with Crippen LogP contribution in [0.15, 0.2) is 91.0 Å². The molecule has 0 aliphatic carbocycles. The number of nitrogens with zero attached hydrogens (tertiary/aromatic N) is 4. The molecule has 0 spiro atoms. The summed E-state index contributed by atoms with van der Waals surface area (Å²) in [5.41, 5.74) is 6.85. The van der Waals surface area contributed by atoms with Gasteiger partial charge in [-0.05, 0) is 105 Å². The predicted octanol–water partition coefficient (Wildman–Crippen LogP) is 7.41. The van der Waals surface area contributed by atoms with Crippen LogP contribution in [-0.4, -0.2) is 45.0 Å². The minimum absolute atomic E-state index is 0.0896. The molecule has 3 aromatic carbocycles. The van der Waals surface area contributed by atoms with Crippen LogP contribution in [0.5, 0.6) is 0 Å². The molecule has 1 aliphatic heterocycles. The van der Waals surface area contributed by atoms with Gasteiger partial charge in [0.05, 0.1) is 11.6 Å². The smallest absolute Gasteiger partial charge is 0.231 e. The molecule has 1 amide bonds. The maximum absolute atomic E-state index is 13.0. The Balaban J connectivity index is 1.13. The van der Waals surface area contributed by atoms with Crippen molar-refractivity contribution in [3.8, 4) is 11.3 Å². The lowest BCUT2D eigenvalue weighted by molar-refractivity contribution is -0.117. The molecular weight excluding hydrogens is 542 g/mol. The number of carbonyl (C=O) groups is 1. The first-order valence-corrected chi connectivity index (χ1v) is 15.2. The molecule has 0 bridgehead atoms. The van der Waals surface area contributed by atoms with Gasteiger partial charge < -0.3 is 10.2 Å². The van der Waals surface area contributed by atoms with Crippen molar-refractivity contribution >= 4 is 28.8 Å². The molecule has 6 rings (SSSR count). The van der Waals surface area contributed by atoms with Gasteiger partial charge >= 0.3 is 0 Å². The number of aromatic nitrogens is 3. The number of aryl methyl sites for hydroxylation is 1. The van der Waals surface area contributed by atoms with Gasteiger partial charge in [-0.3, -0.25) is 4.79 Å². The summed E-state index contributed by atoms with van der Waals surface area (Å²) in [7, 11) is 0. The van der Waals surface area contributed by atoms with Crippen molar-refractivity contribution in [2.75, 3.05) is 25.0 Å². The van der Waals surface area contributed by atoms with Crippen LogP contribution in [0.2, 0.25) is 5.02 Å². The lowest BCUT2D eigenvalue weighted by atomic mass is 10.0. The van der Waals surface area contributed by atoms with Gasteiger partial charge in [-0.25, -0.2) is 9.50 Å². The SMILES string of the molecule is CC(C(=O)Nc1cccc(-c2cccc3nc(Cc4ccc(CCCN5CCCC5)cc4)nn23)c1)c1cccc(Cl)c1. The zero-order valence-corrected chi connectivity index (χ0v) is 24.7. The second-order valence-corrected chi connectivity index (χ2v) is 11.6. The molecule has 0 saturated carbocycles. The van der Waals surface area contributed by atoms with Gasteiger partial charge in [-0.15, -0.1) is 0 Å².